The lowest BCUT2D eigenvalue weighted by Crippen LogP contribution is -2.08. The summed E-state index contributed by atoms with van der Waals surface area (Å²) in [5, 5.41) is 0. The van der Waals surface area contributed by atoms with Crippen molar-refractivity contribution in [3.05, 3.63) is 48.3 Å². The number of aryl methyl sites for hydroxylation is 1. The monoisotopic (exact) mass is 263 g/mol. The van der Waals surface area contributed by atoms with Gasteiger partial charge in [-0.1, -0.05) is 6.07 Å². The molecule has 1 atom stereocenters. The van der Waals surface area contributed by atoms with Crippen LogP contribution in [0.15, 0.2) is 36.9 Å². The summed E-state index contributed by atoms with van der Waals surface area (Å²) >= 11 is 0. The van der Waals surface area contributed by atoms with Gasteiger partial charge in [0.1, 0.15) is 11.6 Å². The molecule has 0 aliphatic carbocycles. The first-order valence-corrected chi connectivity index (χ1v) is 6.30. The summed E-state index contributed by atoms with van der Waals surface area (Å²) in [4.78, 5) is 3.96. The number of nitrogens with two attached hydrogens (primary N) is 1. The van der Waals surface area contributed by atoms with Crippen LogP contribution < -0.4 is 10.5 Å². The summed E-state index contributed by atoms with van der Waals surface area (Å²) < 4.78 is 21.1. The third kappa shape index (κ3) is 3.79. The number of hydrogen-bond donors (Lipinski definition) is 1. The standard InChI is InChI=1S/C14H18FN3O/c1-11(16)13-4-3-12(9-14(13)15)19-8-2-6-18-7-5-17-10-18/h3-5,7,9-11H,2,6,8,16H2,1H3/t11-/m0/s1. The first-order chi connectivity index (χ1) is 9.16. The largest absolute Gasteiger partial charge is 0.493 e. The van der Waals surface area contributed by atoms with Crippen molar-refractivity contribution in [3.8, 4) is 5.75 Å². The molecular weight excluding hydrogens is 245 g/mol. The molecule has 2 rings (SSSR count). The van der Waals surface area contributed by atoms with Crippen molar-refractivity contribution in [3.63, 3.8) is 0 Å². The Morgan fingerprint density at radius 1 is 1.47 bits per heavy atom. The normalized spacial score (nSPS) is 12.4. The fourth-order valence-corrected chi connectivity index (χ4v) is 1.82. The molecule has 0 unspecified atom stereocenters. The molecule has 4 nitrogen and oxygen atoms in total. The van der Waals surface area contributed by atoms with E-state index in [-0.39, 0.29) is 11.9 Å². The average Bonchev–Trinajstić information content (AvgIpc) is 2.87. The van der Waals surface area contributed by atoms with E-state index in [4.69, 9.17) is 10.5 Å². The molecule has 0 aliphatic rings. The van der Waals surface area contributed by atoms with Crippen LogP contribution in [-0.2, 0) is 6.54 Å². The zero-order valence-electron chi connectivity index (χ0n) is 10.9. The van der Waals surface area contributed by atoms with Crippen LogP contribution in [0.4, 0.5) is 4.39 Å². The first kappa shape index (κ1) is 13.5. The van der Waals surface area contributed by atoms with E-state index in [2.05, 4.69) is 4.98 Å². The minimum atomic E-state index is -0.317. The van der Waals surface area contributed by atoms with Crippen molar-refractivity contribution < 1.29 is 9.13 Å². The molecule has 19 heavy (non-hydrogen) atoms. The fraction of sp³-hybridized carbons (Fsp3) is 0.357. The highest BCUT2D eigenvalue weighted by Gasteiger charge is 2.07. The molecule has 5 heteroatoms. The van der Waals surface area contributed by atoms with Gasteiger partial charge in [0.2, 0.25) is 0 Å². The van der Waals surface area contributed by atoms with E-state index < -0.39 is 0 Å². The second kappa shape index (κ2) is 6.33. The highest BCUT2D eigenvalue weighted by Crippen LogP contribution is 2.20. The molecule has 0 fully saturated rings. The zero-order chi connectivity index (χ0) is 13.7. The Bertz CT molecular complexity index is 511. The lowest BCUT2D eigenvalue weighted by atomic mass is 10.1. The van der Waals surface area contributed by atoms with Gasteiger partial charge in [-0.25, -0.2) is 9.37 Å². The Hall–Kier alpha value is -1.88. The number of hydrogen-bond acceptors (Lipinski definition) is 3. The van der Waals surface area contributed by atoms with E-state index >= 15 is 0 Å². The fourth-order valence-electron chi connectivity index (χ4n) is 1.82. The molecule has 2 aromatic rings. The third-order valence-corrected chi connectivity index (χ3v) is 2.85. The van der Waals surface area contributed by atoms with Crippen molar-refractivity contribution in [1.29, 1.82) is 0 Å². The second-order valence-electron chi connectivity index (χ2n) is 4.47. The molecule has 0 bridgehead atoms. The molecule has 0 spiro atoms. The van der Waals surface area contributed by atoms with Gasteiger partial charge >= 0.3 is 0 Å². The number of nitrogens with zero attached hydrogens (tertiary/aromatic N) is 2. The first-order valence-electron chi connectivity index (χ1n) is 6.30. The van der Waals surface area contributed by atoms with Gasteiger partial charge in [-0.15, -0.1) is 0 Å². The van der Waals surface area contributed by atoms with Gasteiger partial charge in [0.15, 0.2) is 0 Å². The van der Waals surface area contributed by atoms with Gasteiger partial charge in [0.05, 0.1) is 12.9 Å². The van der Waals surface area contributed by atoms with Gasteiger partial charge < -0.3 is 15.0 Å². The molecule has 0 aliphatic heterocycles. The highest BCUT2D eigenvalue weighted by atomic mass is 19.1. The molecule has 1 heterocycles. The SMILES string of the molecule is C[C@H](N)c1ccc(OCCCn2ccnc2)cc1F. The summed E-state index contributed by atoms with van der Waals surface area (Å²) in [6.45, 7) is 3.12. The van der Waals surface area contributed by atoms with E-state index in [9.17, 15) is 4.39 Å². The van der Waals surface area contributed by atoms with Crippen molar-refractivity contribution in [1.82, 2.24) is 9.55 Å². The third-order valence-electron chi connectivity index (χ3n) is 2.85. The molecular formula is C14H18FN3O. The predicted octanol–water partition coefficient (Wildman–Crippen LogP) is 2.51. The number of ether oxygens (including phenoxy) is 1. The molecule has 102 valence electrons. The maximum Gasteiger partial charge on any atom is 0.131 e. The van der Waals surface area contributed by atoms with Crippen LogP contribution in [0.3, 0.4) is 0 Å². The van der Waals surface area contributed by atoms with Gasteiger partial charge in [-0.05, 0) is 19.4 Å². The van der Waals surface area contributed by atoms with Crippen LogP contribution >= 0.6 is 0 Å². The topological polar surface area (TPSA) is 53.1 Å². The molecule has 0 saturated heterocycles. The number of benzene rings is 1. The summed E-state index contributed by atoms with van der Waals surface area (Å²) in [7, 11) is 0. The molecule has 0 saturated carbocycles. The Balaban J connectivity index is 1.81. The molecule has 2 N–H and O–H groups in total. The molecule has 1 aromatic carbocycles. The van der Waals surface area contributed by atoms with Crippen LogP contribution in [0.2, 0.25) is 0 Å². The molecule has 0 amide bonds. The summed E-state index contributed by atoms with van der Waals surface area (Å²) in [6.07, 6.45) is 6.24. The summed E-state index contributed by atoms with van der Waals surface area (Å²) in [6, 6.07) is 4.50. The maximum atomic E-state index is 13.7. The van der Waals surface area contributed by atoms with Gasteiger partial charge in [-0.3, -0.25) is 0 Å². The van der Waals surface area contributed by atoms with Crippen molar-refractivity contribution in [2.75, 3.05) is 6.61 Å². The van der Waals surface area contributed by atoms with E-state index in [1.807, 2.05) is 10.8 Å². The van der Waals surface area contributed by atoms with Crippen LogP contribution in [0.5, 0.6) is 5.75 Å². The lowest BCUT2D eigenvalue weighted by molar-refractivity contribution is 0.300. The summed E-state index contributed by atoms with van der Waals surface area (Å²) in [5.74, 6) is 0.217. The quantitative estimate of drug-likeness (QED) is 0.815. The number of rotatable bonds is 6. The van der Waals surface area contributed by atoms with Crippen LogP contribution in [0, 0.1) is 5.82 Å². The average molecular weight is 263 g/mol. The second-order valence-corrected chi connectivity index (χ2v) is 4.47. The lowest BCUT2D eigenvalue weighted by Gasteiger charge is -2.10. The predicted molar refractivity (Wildman–Crippen MR) is 71.3 cm³/mol. The van der Waals surface area contributed by atoms with Crippen molar-refractivity contribution >= 4 is 0 Å². The Morgan fingerprint density at radius 3 is 2.95 bits per heavy atom. The number of imidazole rings is 1. The highest BCUT2D eigenvalue weighted by molar-refractivity contribution is 5.30. The van der Waals surface area contributed by atoms with Gasteiger partial charge in [0.25, 0.3) is 0 Å². The van der Waals surface area contributed by atoms with Crippen LogP contribution in [0.1, 0.15) is 24.9 Å². The maximum absolute atomic E-state index is 13.7. The Labute approximate surface area is 112 Å². The van der Waals surface area contributed by atoms with Crippen molar-refractivity contribution in [2.45, 2.75) is 25.9 Å². The van der Waals surface area contributed by atoms with Crippen molar-refractivity contribution in [2.24, 2.45) is 5.73 Å². The van der Waals surface area contributed by atoms with E-state index in [1.165, 1.54) is 6.07 Å². The zero-order valence-corrected chi connectivity index (χ0v) is 10.9. The molecule has 0 radical (unpaired) electrons. The smallest absolute Gasteiger partial charge is 0.131 e. The minimum absolute atomic E-state index is 0.310. The van der Waals surface area contributed by atoms with E-state index in [0.29, 0.717) is 17.9 Å². The van der Waals surface area contributed by atoms with Crippen LogP contribution in [-0.4, -0.2) is 16.2 Å². The van der Waals surface area contributed by atoms with Crippen LogP contribution in [0.25, 0.3) is 0 Å². The van der Waals surface area contributed by atoms with E-state index in [1.54, 1.807) is 31.6 Å². The number of aromatic nitrogens is 2. The van der Waals surface area contributed by atoms with Gasteiger partial charge in [0, 0.05) is 36.6 Å². The molecule has 1 aromatic heterocycles. The summed E-state index contributed by atoms with van der Waals surface area (Å²) in [5.41, 5.74) is 6.16. The Kier molecular flexibility index (Phi) is 4.52. The van der Waals surface area contributed by atoms with E-state index in [0.717, 1.165) is 13.0 Å². The minimum Gasteiger partial charge on any atom is -0.493 e. The number of halogens is 1. The Morgan fingerprint density at radius 2 is 2.32 bits per heavy atom. The van der Waals surface area contributed by atoms with Gasteiger partial charge in [-0.2, -0.15) is 0 Å².